The van der Waals surface area contributed by atoms with Gasteiger partial charge in [-0.05, 0) is 26.0 Å². The van der Waals surface area contributed by atoms with E-state index >= 15 is 0 Å². The molecule has 5 heteroatoms. The molecular weight excluding hydrogens is 224 g/mol. The standard InChI is InChI=1S/C12H12O5/c1-6(2)16-11-9-7(13)4-3-5-8(9)17-12(15)10(11)14/h3-6,13-14H,1-2H3. The highest BCUT2D eigenvalue weighted by Crippen LogP contribution is 2.37. The van der Waals surface area contributed by atoms with Crippen molar-refractivity contribution in [2.75, 3.05) is 0 Å². The summed E-state index contributed by atoms with van der Waals surface area (Å²) < 4.78 is 10.2. The topological polar surface area (TPSA) is 79.9 Å². The SMILES string of the molecule is CC(C)Oc1c(O)c(=O)oc2cccc(O)c12. The van der Waals surface area contributed by atoms with Gasteiger partial charge >= 0.3 is 5.63 Å². The van der Waals surface area contributed by atoms with Crippen LogP contribution in [0.4, 0.5) is 0 Å². The van der Waals surface area contributed by atoms with Gasteiger partial charge in [0.2, 0.25) is 5.75 Å². The van der Waals surface area contributed by atoms with Crippen LogP contribution in [-0.2, 0) is 0 Å². The van der Waals surface area contributed by atoms with Gasteiger partial charge < -0.3 is 19.4 Å². The van der Waals surface area contributed by atoms with E-state index in [4.69, 9.17) is 9.15 Å². The third-order valence-electron chi connectivity index (χ3n) is 2.20. The molecule has 0 saturated heterocycles. The number of benzene rings is 1. The minimum Gasteiger partial charge on any atom is -0.507 e. The molecule has 2 rings (SSSR count). The number of hydrogen-bond acceptors (Lipinski definition) is 5. The van der Waals surface area contributed by atoms with Gasteiger partial charge in [-0.25, -0.2) is 4.79 Å². The molecule has 0 aliphatic heterocycles. The van der Waals surface area contributed by atoms with Crippen molar-refractivity contribution in [2.24, 2.45) is 0 Å². The Morgan fingerprint density at radius 1 is 1.29 bits per heavy atom. The lowest BCUT2D eigenvalue weighted by Gasteiger charge is -2.13. The quantitative estimate of drug-likeness (QED) is 0.779. The molecule has 2 N–H and O–H groups in total. The van der Waals surface area contributed by atoms with Crippen LogP contribution in [0.2, 0.25) is 0 Å². The van der Waals surface area contributed by atoms with E-state index in [-0.39, 0.29) is 28.6 Å². The van der Waals surface area contributed by atoms with Crippen molar-refractivity contribution < 1.29 is 19.4 Å². The molecule has 2 aromatic rings. The van der Waals surface area contributed by atoms with E-state index in [1.165, 1.54) is 18.2 Å². The van der Waals surface area contributed by atoms with Crippen molar-refractivity contribution in [3.63, 3.8) is 0 Å². The molecular formula is C12H12O5. The van der Waals surface area contributed by atoms with Gasteiger partial charge in [-0.2, -0.15) is 0 Å². The highest BCUT2D eigenvalue weighted by Gasteiger charge is 2.18. The van der Waals surface area contributed by atoms with Crippen LogP contribution in [0, 0.1) is 0 Å². The molecule has 1 heterocycles. The molecule has 1 aromatic heterocycles. The highest BCUT2D eigenvalue weighted by molar-refractivity contribution is 5.91. The zero-order valence-electron chi connectivity index (χ0n) is 9.43. The maximum Gasteiger partial charge on any atom is 0.382 e. The molecule has 1 aromatic carbocycles. The summed E-state index contributed by atoms with van der Waals surface area (Å²) in [7, 11) is 0. The first-order valence-corrected chi connectivity index (χ1v) is 5.15. The van der Waals surface area contributed by atoms with Gasteiger partial charge in [0.25, 0.3) is 0 Å². The van der Waals surface area contributed by atoms with E-state index in [9.17, 15) is 15.0 Å². The van der Waals surface area contributed by atoms with Crippen LogP contribution >= 0.6 is 0 Å². The third kappa shape index (κ3) is 1.91. The zero-order valence-corrected chi connectivity index (χ0v) is 9.43. The van der Waals surface area contributed by atoms with Gasteiger partial charge in [-0.1, -0.05) is 6.07 Å². The second-order valence-corrected chi connectivity index (χ2v) is 3.88. The lowest BCUT2D eigenvalue weighted by molar-refractivity contribution is 0.231. The first kappa shape index (κ1) is 11.3. The Hall–Kier alpha value is -2.17. The molecule has 0 aliphatic carbocycles. The smallest absolute Gasteiger partial charge is 0.382 e. The first-order chi connectivity index (χ1) is 8.00. The number of hydrogen-bond donors (Lipinski definition) is 2. The Morgan fingerprint density at radius 2 is 2.00 bits per heavy atom. The molecule has 0 saturated carbocycles. The predicted octanol–water partition coefficient (Wildman–Crippen LogP) is 1.99. The van der Waals surface area contributed by atoms with Crippen molar-refractivity contribution in [2.45, 2.75) is 20.0 Å². The number of aromatic hydroxyl groups is 2. The van der Waals surface area contributed by atoms with Crippen molar-refractivity contribution in [3.8, 4) is 17.2 Å². The molecule has 0 radical (unpaired) electrons. The Bertz CT molecular complexity index is 612. The summed E-state index contributed by atoms with van der Waals surface area (Å²) >= 11 is 0. The second kappa shape index (κ2) is 4.01. The summed E-state index contributed by atoms with van der Waals surface area (Å²) in [6.45, 7) is 3.50. The lowest BCUT2D eigenvalue weighted by Crippen LogP contribution is -2.09. The summed E-state index contributed by atoms with van der Waals surface area (Å²) in [6, 6.07) is 4.48. The number of rotatable bonds is 2. The number of phenols is 1. The van der Waals surface area contributed by atoms with Crippen molar-refractivity contribution in [1.82, 2.24) is 0 Å². The Kier molecular flexibility index (Phi) is 2.67. The molecule has 5 nitrogen and oxygen atoms in total. The maximum absolute atomic E-state index is 11.4. The van der Waals surface area contributed by atoms with E-state index in [1.54, 1.807) is 13.8 Å². The molecule has 0 unspecified atom stereocenters. The Labute approximate surface area is 96.9 Å². The molecule has 0 amide bonds. The largest absolute Gasteiger partial charge is 0.507 e. The lowest BCUT2D eigenvalue weighted by atomic mass is 10.2. The normalized spacial score (nSPS) is 11.0. The molecule has 0 atom stereocenters. The van der Waals surface area contributed by atoms with E-state index in [0.717, 1.165) is 0 Å². The molecule has 0 aliphatic rings. The van der Waals surface area contributed by atoms with Gasteiger partial charge in [-0.15, -0.1) is 0 Å². The maximum atomic E-state index is 11.4. The monoisotopic (exact) mass is 236 g/mol. The van der Waals surface area contributed by atoms with Gasteiger partial charge in [0.15, 0.2) is 5.75 Å². The summed E-state index contributed by atoms with van der Waals surface area (Å²) in [5.74, 6) is -0.797. The average Bonchev–Trinajstić information content (AvgIpc) is 2.24. The van der Waals surface area contributed by atoms with E-state index in [1.807, 2.05) is 0 Å². The van der Waals surface area contributed by atoms with Crippen molar-refractivity contribution in [3.05, 3.63) is 28.6 Å². The number of ether oxygens (including phenoxy) is 1. The number of fused-ring (bicyclic) bond motifs is 1. The fourth-order valence-corrected chi connectivity index (χ4v) is 1.54. The average molecular weight is 236 g/mol. The summed E-state index contributed by atoms with van der Waals surface area (Å²) in [5.41, 5.74) is -0.720. The zero-order chi connectivity index (χ0) is 12.6. The van der Waals surface area contributed by atoms with Crippen LogP contribution in [-0.4, -0.2) is 16.3 Å². The summed E-state index contributed by atoms with van der Waals surface area (Å²) in [5, 5.41) is 19.5. The second-order valence-electron chi connectivity index (χ2n) is 3.88. The molecule has 0 spiro atoms. The third-order valence-corrected chi connectivity index (χ3v) is 2.20. The summed E-state index contributed by atoms with van der Waals surface area (Å²) in [6.07, 6.45) is -0.245. The van der Waals surface area contributed by atoms with E-state index in [0.29, 0.717) is 0 Å². The van der Waals surface area contributed by atoms with Gasteiger partial charge in [0.05, 0.1) is 6.10 Å². The highest BCUT2D eigenvalue weighted by atomic mass is 16.5. The minimum absolute atomic E-state index is 0.0515. The van der Waals surface area contributed by atoms with Gasteiger partial charge in [-0.3, -0.25) is 0 Å². The minimum atomic E-state index is -0.890. The van der Waals surface area contributed by atoms with Crippen molar-refractivity contribution in [1.29, 1.82) is 0 Å². The van der Waals surface area contributed by atoms with Gasteiger partial charge in [0, 0.05) is 0 Å². The van der Waals surface area contributed by atoms with Crippen molar-refractivity contribution >= 4 is 11.0 Å². The fourth-order valence-electron chi connectivity index (χ4n) is 1.54. The van der Waals surface area contributed by atoms with Crippen LogP contribution < -0.4 is 10.4 Å². The summed E-state index contributed by atoms with van der Waals surface area (Å²) in [4.78, 5) is 11.4. The Balaban J connectivity index is 2.85. The number of phenolic OH excluding ortho intramolecular Hbond substituents is 1. The molecule has 0 bridgehead atoms. The van der Waals surface area contributed by atoms with Crippen LogP contribution in [0.15, 0.2) is 27.4 Å². The predicted molar refractivity (Wildman–Crippen MR) is 61.6 cm³/mol. The van der Waals surface area contributed by atoms with Crippen LogP contribution in [0.25, 0.3) is 11.0 Å². The molecule has 0 fully saturated rings. The molecule has 90 valence electrons. The van der Waals surface area contributed by atoms with Crippen LogP contribution in [0.1, 0.15) is 13.8 Å². The van der Waals surface area contributed by atoms with Crippen LogP contribution in [0.3, 0.4) is 0 Å². The first-order valence-electron chi connectivity index (χ1n) is 5.15. The van der Waals surface area contributed by atoms with E-state index < -0.39 is 11.4 Å². The van der Waals surface area contributed by atoms with Gasteiger partial charge in [0.1, 0.15) is 16.7 Å². The van der Waals surface area contributed by atoms with E-state index in [2.05, 4.69) is 0 Å². The fraction of sp³-hybridized carbons (Fsp3) is 0.250. The van der Waals surface area contributed by atoms with Crippen LogP contribution in [0.5, 0.6) is 17.2 Å². The molecule has 17 heavy (non-hydrogen) atoms. The Morgan fingerprint density at radius 3 is 2.65 bits per heavy atom.